The zero-order chi connectivity index (χ0) is 13.7. The smallest absolute Gasteiger partial charge is 0.0667 e. The van der Waals surface area contributed by atoms with Crippen LogP contribution in [-0.2, 0) is 0 Å². The highest BCUT2D eigenvalue weighted by molar-refractivity contribution is 5.83. The Hall–Kier alpha value is -2.09. The molecule has 0 saturated carbocycles. The van der Waals surface area contributed by atoms with Crippen molar-refractivity contribution in [1.29, 1.82) is 0 Å². The molecule has 0 aliphatic carbocycles. The number of hydrogen-bond acceptors (Lipinski definition) is 1. The van der Waals surface area contributed by atoms with E-state index in [1.165, 1.54) is 16.8 Å². The van der Waals surface area contributed by atoms with E-state index in [4.69, 9.17) is 0 Å². The summed E-state index contributed by atoms with van der Waals surface area (Å²) in [5.41, 5.74) is 4.96. The number of allylic oxidation sites excluding steroid dienone is 3. The topological polar surface area (TPSA) is 17.8 Å². The van der Waals surface area contributed by atoms with Crippen molar-refractivity contribution in [3.8, 4) is 0 Å². The van der Waals surface area contributed by atoms with Crippen molar-refractivity contribution in [3.05, 3.63) is 59.9 Å². The van der Waals surface area contributed by atoms with Crippen LogP contribution in [0.15, 0.2) is 48.7 Å². The summed E-state index contributed by atoms with van der Waals surface area (Å²) in [7, 11) is 0. The van der Waals surface area contributed by atoms with Gasteiger partial charge in [0.05, 0.1) is 5.69 Å². The van der Waals surface area contributed by atoms with Gasteiger partial charge in [0, 0.05) is 11.9 Å². The maximum Gasteiger partial charge on any atom is 0.0667 e. The van der Waals surface area contributed by atoms with Crippen LogP contribution < -0.4 is 0 Å². The van der Waals surface area contributed by atoms with Crippen molar-refractivity contribution in [3.63, 3.8) is 0 Å². The van der Waals surface area contributed by atoms with E-state index in [9.17, 15) is 0 Å². The molecule has 3 rings (SSSR count). The minimum atomic E-state index is 0.958. The van der Waals surface area contributed by atoms with Gasteiger partial charge in [0.15, 0.2) is 0 Å². The van der Waals surface area contributed by atoms with Crippen molar-refractivity contribution < 1.29 is 0 Å². The molecule has 1 aliphatic rings. The predicted octanol–water partition coefficient (Wildman–Crippen LogP) is 4.71. The minimum Gasteiger partial charge on any atom is -0.238 e. The molecule has 98 valence electrons. The second kappa shape index (κ2) is 6.19. The van der Waals surface area contributed by atoms with Crippen molar-refractivity contribution >= 4 is 17.3 Å². The third-order valence-electron chi connectivity index (χ3n) is 3.09. The molecule has 0 unspecified atom stereocenters. The second-order valence-corrected chi connectivity index (χ2v) is 4.25. The fourth-order valence-electron chi connectivity index (χ4n) is 2.15. The van der Waals surface area contributed by atoms with E-state index < -0.39 is 0 Å². The third kappa shape index (κ3) is 2.84. The Labute approximate surface area is 115 Å². The Morgan fingerprint density at radius 3 is 2.53 bits per heavy atom. The van der Waals surface area contributed by atoms with Gasteiger partial charge in [0.1, 0.15) is 0 Å². The maximum absolute atomic E-state index is 4.33. The van der Waals surface area contributed by atoms with Crippen LogP contribution in [0.4, 0.5) is 0 Å². The Kier molecular flexibility index (Phi) is 4.35. The first-order valence-corrected chi connectivity index (χ1v) is 6.82. The molecular weight excluding hydrogens is 232 g/mol. The molecule has 1 aromatic carbocycles. The highest BCUT2D eigenvalue weighted by atomic mass is 15.3. The molecule has 1 aromatic heterocycles. The summed E-state index contributed by atoms with van der Waals surface area (Å²) >= 11 is 0. The molecule has 0 fully saturated rings. The van der Waals surface area contributed by atoms with Crippen LogP contribution in [0.3, 0.4) is 0 Å². The molecule has 2 heteroatoms. The van der Waals surface area contributed by atoms with E-state index in [-0.39, 0.29) is 0 Å². The first-order valence-electron chi connectivity index (χ1n) is 6.82. The molecule has 0 bridgehead atoms. The summed E-state index contributed by atoms with van der Waals surface area (Å²) in [6, 6.07) is 12.6. The average Bonchev–Trinajstić information content (AvgIpc) is 2.88. The predicted molar refractivity (Wildman–Crippen MR) is 82.5 cm³/mol. The molecule has 0 atom stereocenters. The average molecular weight is 252 g/mol. The molecule has 2 aromatic rings. The fraction of sp³-hybridized carbons (Fsp3) is 0.235. The van der Waals surface area contributed by atoms with Crippen molar-refractivity contribution in [2.75, 3.05) is 0 Å². The molecule has 0 amide bonds. The lowest BCUT2D eigenvalue weighted by atomic mass is 10.0. The molecule has 1 aliphatic heterocycles. The van der Waals surface area contributed by atoms with Gasteiger partial charge in [0.25, 0.3) is 0 Å². The lowest BCUT2D eigenvalue weighted by Crippen LogP contribution is -1.96. The van der Waals surface area contributed by atoms with E-state index in [1.807, 2.05) is 36.9 Å². The summed E-state index contributed by atoms with van der Waals surface area (Å²) in [5.74, 6) is 0. The molecule has 2 heterocycles. The van der Waals surface area contributed by atoms with E-state index in [0.29, 0.717) is 0 Å². The third-order valence-corrected chi connectivity index (χ3v) is 3.09. The van der Waals surface area contributed by atoms with Crippen molar-refractivity contribution in [1.82, 2.24) is 9.78 Å². The zero-order valence-electron chi connectivity index (χ0n) is 11.8. The number of fused-ring (bicyclic) bond motifs is 1. The summed E-state index contributed by atoms with van der Waals surface area (Å²) < 4.78 is 1.98. The van der Waals surface area contributed by atoms with Gasteiger partial charge in [-0.2, -0.15) is 5.10 Å². The van der Waals surface area contributed by atoms with E-state index in [1.54, 1.807) is 0 Å². The molecule has 0 spiro atoms. The molecule has 0 saturated heterocycles. The van der Waals surface area contributed by atoms with Gasteiger partial charge in [-0.3, -0.25) is 0 Å². The van der Waals surface area contributed by atoms with Crippen LogP contribution in [-0.4, -0.2) is 9.78 Å². The highest BCUT2D eigenvalue weighted by Crippen LogP contribution is 2.26. The van der Waals surface area contributed by atoms with Crippen LogP contribution >= 0.6 is 0 Å². The van der Waals surface area contributed by atoms with Crippen LogP contribution in [0.1, 0.15) is 38.4 Å². The lowest BCUT2D eigenvalue weighted by molar-refractivity contribution is 0.886. The molecule has 0 radical (unpaired) electrons. The molecular formula is C17H20N2. The molecule has 0 N–H and O–H groups in total. The summed E-state index contributed by atoms with van der Waals surface area (Å²) in [5, 5.41) is 4.33. The first-order chi connectivity index (χ1) is 9.34. The van der Waals surface area contributed by atoms with Crippen LogP contribution in [0, 0.1) is 0 Å². The van der Waals surface area contributed by atoms with Crippen molar-refractivity contribution in [2.45, 2.75) is 27.2 Å². The number of benzene rings is 1. The SMILES string of the molecule is CC.CC1=CCC(c2ccccc2)=Cc2ccnn21. The highest BCUT2D eigenvalue weighted by Gasteiger charge is 2.09. The minimum absolute atomic E-state index is 0.958. The Bertz CT molecular complexity index is 589. The number of nitrogens with zero attached hydrogens (tertiary/aromatic N) is 2. The Balaban J connectivity index is 0.000000637. The largest absolute Gasteiger partial charge is 0.238 e. The van der Waals surface area contributed by atoms with E-state index in [2.05, 4.69) is 48.4 Å². The van der Waals surface area contributed by atoms with Gasteiger partial charge in [-0.15, -0.1) is 0 Å². The van der Waals surface area contributed by atoms with Gasteiger partial charge < -0.3 is 0 Å². The van der Waals surface area contributed by atoms with Crippen LogP contribution in [0.2, 0.25) is 0 Å². The van der Waals surface area contributed by atoms with E-state index >= 15 is 0 Å². The maximum atomic E-state index is 4.33. The number of rotatable bonds is 1. The van der Waals surface area contributed by atoms with Crippen LogP contribution in [0.5, 0.6) is 0 Å². The standard InChI is InChI=1S/C15H14N2.C2H6/c1-12-7-8-14(13-5-3-2-4-6-13)11-15-9-10-16-17(12)15;1-2/h2-7,9-11H,8H2,1H3;1-2H3. The summed E-state index contributed by atoms with van der Waals surface area (Å²) in [4.78, 5) is 0. The monoisotopic (exact) mass is 252 g/mol. The van der Waals surface area contributed by atoms with Gasteiger partial charge in [-0.05, 0) is 36.6 Å². The van der Waals surface area contributed by atoms with Gasteiger partial charge in [-0.1, -0.05) is 50.3 Å². The zero-order valence-corrected chi connectivity index (χ0v) is 11.8. The Morgan fingerprint density at radius 2 is 1.79 bits per heavy atom. The van der Waals surface area contributed by atoms with Gasteiger partial charge in [0.2, 0.25) is 0 Å². The summed E-state index contributed by atoms with van der Waals surface area (Å²) in [6.45, 7) is 6.10. The lowest BCUT2D eigenvalue weighted by Gasteiger charge is -2.03. The molecule has 2 nitrogen and oxygen atoms in total. The fourth-order valence-corrected chi connectivity index (χ4v) is 2.15. The summed E-state index contributed by atoms with van der Waals surface area (Å²) in [6.07, 6.45) is 7.24. The molecule has 19 heavy (non-hydrogen) atoms. The van der Waals surface area contributed by atoms with Crippen LogP contribution in [0.25, 0.3) is 17.3 Å². The normalized spacial score (nSPS) is 13.4. The van der Waals surface area contributed by atoms with Crippen molar-refractivity contribution in [2.24, 2.45) is 0 Å². The number of hydrogen-bond donors (Lipinski definition) is 0. The van der Waals surface area contributed by atoms with Gasteiger partial charge >= 0.3 is 0 Å². The first kappa shape index (κ1) is 13.3. The van der Waals surface area contributed by atoms with Gasteiger partial charge in [-0.25, -0.2) is 4.68 Å². The second-order valence-electron chi connectivity index (χ2n) is 4.25. The Morgan fingerprint density at radius 1 is 1.05 bits per heavy atom. The quantitative estimate of drug-likeness (QED) is 0.718. The van der Waals surface area contributed by atoms with E-state index in [0.717, 1.165) is 12.1 Å². The number of aromatic nitrogens is 2.